The first kappa shape index (κ1) is 27.6. The number of fused-ring (bicyclic) bond motifs is 9. The van der Waals surface area contributed by atoms with Gasteiger partial charge in [0.05, 0.1) is 0 Å². The fraction of sp³-hybridized carbons (Fsp3) is 0.0417. The molecule has 0 saturated heterocycles. The summed E-state index contributed by atoms with van der Waals surface area (Å²) < 4.78 is 12.9. The number of benzene rings is 8. The van der Waals surface area contributed by atoms with Crippen molar-refractivity contribution in [1.82, 2.24) is 0 Å². The molecule has 0 fully saturated rings. The van der Waals surface area contributed by atoms with E-state index in [-0.39, 0.29) is 6.10 Å². The maximum absolute atomic E-state index is 6.59. The molecule has 8 aromatic carbocycles. The Morgan fingerprint density at radius 2 is 1.10 bits per heavy atom. The molecule has 0 amide bonds. The Kier molecular flexibility index (Phi) is 5.82. The maximum Gasteiger partial charge on any atom is 0.136 e. The average molecular weight is 639 g/mol. The molecule has 2 aliphatic rings. The van der Waals surface area contributed by atoms with Crippen molar-refractivity contribution in [3.63, 3.8) is 0 Å². The van der Waals surface area contributed by atoms with Crippen LogP contribution in [0.5, 0.6) is 5.75 Å². The van der Waals surface area contributed by atoms with Gasteiger partial charge in [-0.2, -0.15) is 0 Å². The molecule has 0 N–H and O–H groups in total. The van der Waals surface area contributed by atoms with E-state index in [1.165, 1.54) is 71.3 Å². The van der Waals surface area contributed by atoms with E-state index in [2.05, 4.69) is 152 Å². The molecule has 50 heavy (non-hydrogen) atoms. The predicted molar refractivity (Wildman–Crippen MR) is 209 cm³/mol. The number of hydrogen-bond acceptors (Lipinski definition) is 2. The van der Waals surface area contributed by atoms with Gasteiger partial charge in [0, 0.05) is 28.3 Å². The number of ether oxygens (including phenoxy) is 1. The van der Waals surface area contributed by atoms with Crippen molar-refractivity contribution in [3.8, 4) is 28.0 Å². The maximum atomic E-state index is 6.59. The summed E-state index contributed by atoms with van der Waals surface area (Å²) >= 11 is 0. The second-order valence-corrected chi connectivity index (χ2v) is 13.5. The number of rotatable bonds is 3. The molecule has 11 rings (SSSR count). The van der Waals surface area contributed by atoms with E-state index in [0.29, 0.717) is 0 Å². The zero-order chi connectivity index (χ0) is 32.8. The fourth-order valence-corrected chi connectivity index (χ4v) is 8.52. The standard InChI is InChI=1S/C48H30O2/c1-2-15-33-29(11-1)12-10-21-34(33)30-13-9-14-31(25-30)47-36-17-3-5-19-38(36)48(39-20-6-4-18-37(39)47)32-23-24-44-40(26-32)42-28-45-41(27-46(42)50-44)35-16-7-8-22-43(35)49-45/h1-23,25-28,44H,24H2. The third-order valence-corrected chi connectivity index (χ3v) is 10.7. The first-order valence-electron chi connectivity index (χ1n) is 17.3. The quantitative estimate of drug-likeness (QED) is 0.180. The first-order valence-corrected chi connectivity index (χ1v) is 17.3. The molecule has 0 radical (unpaired) electrons. The van der Waals surface area contributed by atoms with Crippen LogP contribution >= 0.6 is 0 Å². The summed E-state index contributed by atoms with van der Waals surface area (Å²) in [5.41, 5.74) is 11.6. The summed E-state index contributed by atoms with van der Waals surface area (Å²) in [5.74, 6) is 0.936. The molecule has 1 aliphatic heterocycles. The van der Waals surface area contributed by atoms with Crippen molar-refractivity contribution in [2.75, 3.05) is 0 Å². The van der Waals surface area contributed by atoms with Crippen LogP contribution in [0.1, 0.15) is 17.5 Å². The predicted octanol–water partition coefficient (Wildman–Crippen LogP) is 13.0. The largest absolute Gasteiger partial charge is 0.485 e. The van der Waals surface area contributed by atoms with Crippen LogP contribution in [-0.4, -0.2) is 6.10 Å². The Morgan fingerprint density at radius 3 is 1.90 bits per heavy atom. The molecule has 2 nitrogen and oxygen atoms in total. The normalized spacial score (nSPS) is 15.3. The molecule has 2 heterocycles. The zero-order valence-corrected chi connectivity index (χ0v) is 27.2. The Balaban J connectivity index is 1.10. The molecule has 2 heteroatoms. The van der Waals surface area contributed by atoms with E-state index < -0.39 is 0 Å². The van der Waals surface area contributed by atoms with Crippen molar-refractivity contribution in [3.05, 3.63) is 175 Å². The van der Waals surface area contributed by atoms with Gasteiger partial charge in [0.25, 0.3) is 0 Å². The summed E-state index contributed by atoms with van der Waals surface area (Å²) in [4.78, 5) is 0. The molecular formula is C48H30O2. The lowest BCUT2D eigenvalue weighted by molar-refractivity contribution is 0.279. The third-order valence-electron chi connectivity index (χ3n) is 10.7. The van der Waals surface area contributed by atoms with E-state index in [4.69, 9.17) is 9.15 Å². The van der Waals surface area contributed by atoms with Gasteiger partial charge >= 0.3 is 0 Å². The van der Waals surface area contributed by atoms with E-state index in [1.807, 2.05) is 12.1 Å². The Morgan fingerprint density at radius 1 is 0.460 bits per heavy atom. The lowest BCUT2D eigenvalue weighted by atomic mass is 9.82. The van der Waals surface area contributed by atoms with Crippen LogP contribution in [0.25, 0.3) is 87.7 Å². The molecular weight excluding hydrogens is 609 g/mol. The highest BCUT2D eigenvalue weighted by atomic mass is 16.5. The highest BCUT2D eigenvalue weighted by Crippen LogP contribution is 2.49. The SMILES string of the molecule is C1=C(c2c3ccccc3c(-c3cccc(-c4cccc5ccccc45)c3)c3ccccc23)C=C2c3cc4oc5ccccc5c4cc3OC2C1. The molecule has 0 saturated carbocycles. The zero-order valence-electron chi connectivity index (χ0n) is 27.2. The van der Waals surface area contributed by atoms with Crippen LogP contribution in [0.3, 0.4) is 0 Å². The summed E-state index contributed by atoms with van der Waals surface area (Å²) in [6, 6.07) is 54.7. The van der Waals surface area contributed by atoms with Crippen molar-refractivity contribution < 1.29 is 9.15 Å². The van der Waals surface area contributed by atoms with Gasteiger partial charge < -0.3 is 9.15 Å². The summed E-state index contributed by atoms with van der Waals surface area (Å²) in [6.07, 6.45) is 5.55. The van der Waals surface area contributed by atoms with Crippen LogP contribution in [-0.2, 0) is 0 Å². The fourth-order valence-electron chi connectivity index (χ4n) is 8.52. The molecule has 9 aromatic rings. The second kappa shape index (κ2) is 10.6. The Labute approximate surface area is 289 Å². The second-order valence-electron chi connectivity index (χ2n) is 13.5. The van der Waals surface area contributed by atoms with Gasteiger partial charge in [-0.15, -0.1) is 0 Å². The van der Waals surface area contributed by atoms with E-state index in [1.54, 1.807) is 0 Å². The minimum atomic E-state index is 0.000120. The highest BCUT2D eigenvalue weighted by Gasteiger charge is 2.32. The van der Waals surface area contributed by atoms with Gasteiger partial charge in [0.1, 0.15) is 23.0 Å². The number of para-hydroxylation sites is 1. The van der Waals surface area contributed by atoms with Crippen LogP contribution in [0.2, 0.25) is 0 Å². The van der Waals surface area contributed by atoms with Crippen LogP contribution in [0.15, 0.2) is 168 Å². The lowest BCUT2D eigenvalue weighted by Gasteiger charge is -2.22. The van der Waals surface area contributed by atoms with Crippen molar-refractivity contribution in [1.29, 1.82) is 0 Å². The van der Waals surface area contributed by atoms with Gasteiger partial charge in [0.2, 0.25) is 0 Å². The Hall–Kier alpha value is -6.38. The first-order chi connectivity index (χ1) is 24.8. The van der Waals surface area contributed by atoms with Crippen LogP contribution in [0, 0.1) is 0 Å². The molecule has 1 unspecified atom stereocenters. The van der Waals surface area contributed by atoms with Gasteiger partial charge in [-0.3, -0.25) is 0 Å². The van der Waals surface area contributed by atoms with Crippen molar-refractivity contribution in [2.24, 2.45) is 0 Å². The molecule has 0 bridgehead atoms. The Bertz CT molecular complexity index is 2870. The monoisotopic (exact) mass is 638 g/mol. The number of allylic oxidation sites excluding steroid dienone is 2. The summed E-state index contributed by atoms with van der Waals surface area (Å²) in [7, 11) is 0. The minimum Gasteiger partial charge on any atom is -0.485 e. The van der Waals surface area contributed by atoms with Gasteiger partial charge in [-0.05, 0) is 96.0 Å². The van der Waals surface area contributed by atoms with Gasteiger partial charge in [0.15, 0.2) is 0 Å². The number of hydrogen-bond donors (Lipinski definition) is 0. The topological polar surface area (TPSA) is 22.4 Å². The van der Waals surface area contributed by atoms with Crippen LogP contribution in [0.4, 0.5) is 0 Å². The molecule has 234 valence electrons. The van der Waals surface area contributed by atoms with E-state index in [9.17, 15) is 0 Å². The molecule has 1 aromatic heterocycles. The van der Waals surface area contributed by atoms with Crippen molar-refractivity contribution >= 4 is 65.4 Å². The van der Waals surface area contributed by atoms with E-state index >= 15 is 0 Å². The highest BCUT2D eigenvalue weighted by molar-refractivity contribution is 6.20. The van der Waals surface area contributed by atoms with Crippen LogP contribution < -0.4 is 4.74 Å². The summed E-state index contributed by atoms with van der Waals surface area (Å²) in [5, 5.41) is 9.77. The van der Waals surface area contributed by atoms with Gasteiger partial charge in [-0.25, -0.2) is 0 Å². The minimum absolute atomic E-state index is 0.000120. The van der Waals surface area contributed by atoms with Crippen molar-refractivity contribution in [2.45, 2.75) is 12.5 Å². The van der Waals surface area contributed by atoms with Gasteiger partial charge in [-0.1, -0.05) is 133 Å². The number of furan rings is 1. The lowest BCUT2D eigenvalue weighted by Crippen LogP contribution is -2.13. The molecule has 0 spiro atoms. The summed E-state index contributed by atoms with van der Waals surface area (Å²) in [6.45, 7) is 0. The smallest absolute Gasteiger partial charge is 0.136 e. The third kappa shape index (κ3) is 4.02. The molecule has 1 atom stereocenters. The average Bonchev–Trinajstić information content (AvgIpc) is 3.72. The van der Waals surface area contributed by atoms with E-state index in [0.717, 1.165) is 39.7 Å². The molecule has 1 aliphatic carbocycles.